The van der Waals surface area contributed by atoms with Crippen LogP contribution in [0.4, 0.5) is 4.79 Å². The van der Waals surface area contributed by atoms with E-state index in [9.17, 15) is 9.59 Å². The van der Waals surface area contributed by atoms with Crippen LogP contribution in [0.25, 0.3) is 10.4 Å². The van der Waals surface area contributed by atoms with Gasteiger partial charge >= 0.3 is 12.1 Å². The molecule has 0 aromatic carbocycles. The lowest BCUT2D eigenvalue weighted by molar-refractivity contribution is -0.141. The Morgan fingerprint density at radius 2 is 2.41 bits per heavy atom. The SMILES string of the molecule is C=CCOC(=O)N1C[C@H](N=[N+]=[N-])C[C@@H]1C(=O)O. The number of amides is 1. The van der Waals surface area contributed by atoms with E-state index in [4.69, 9.17) is 15.4 Å². The average molecular weight is 240 g/mol. The van der Waals surface area contributed by atoms with Gasteiger partial charge in [0, 0.05) is 11.5 Å². The summed E-state index contributed by atoms with van der Waals surface area (Å²) in [7, 11) is 0. The van der Waals surface area contributed by atoms with Crippen molar-refractivity contribution >= 4 is 12.1 Å². The molecule has 0 unspecified atom stereocenters. The summed E-state index contributed by atoms with van der Waals surface area (Å²) in [5, 5.41) is 12.4. The van der Waals surface area contributed by atoms with Crippen LogP contribution in [0, 0.1) is 0 Å². The Balaban J connectivity index is 2.73. The molecule has 0 aliphatic carbocycles. The number of rotatable bonds is 4. The molecule has 0 saturated carbocycles. The molecule has 17 heavy (non-hydrogen) atoms. The largest absolute Gasteiger partial charge is 0.480 e. The number of likely N-dealkylation sites (tertiary alicyclic amines) is 1. The molecule has 2 atom stereocenters. The number of ether oxygens (including phenoxy) is 1. The number of hydrogen-bond acceptors (Lipinski definition) is 4. The van der Waals surface area contributed by atoms with Crippen LogP contribution in [0.3, 0.4) is 0 Å². The summed E-state index contributed by atoms with van der Waals surface area (Å²) in [4.78, 5) is 26.1. The van der Waals surface area contributed by atoms with Gasteiger partial charge in [-0.15, -0.1) is 0 Å². The molecule has 1 saturated heterocycles. The van der Waals surface area contributed by atoms with Crippen LogP contribution >= 0.6 is 0 Å². The minimum Gasteiger partial charge on any atom is -0.480 e. The summed E-state index contributed by atoms with van der Waals surface area (Å²) in [5.41, 5.74) is 8.28. The Morgan fingerprint density at radius 1 is 1.71 bits per heavy atom. The number of carboxylic acids is 1. The molecule has 92 valence electrons. The Labute approximate surface area is 97.1 Å². The molecule has 0 radical (unpaired) electrons. The first-order chi connectivity index (χ1) is 8.10. The van der Waals surface area contributed by atoms with Crippen molar-refractivity contribution in [1.82, 2.24) is 4.90 Å². The summed E-state index contributed by atoms with van der Waals surface area (Å²) in [6.45, 7) is 3.44. The molecule has 1 aliphatic rings. The van der Waals surface area contributed by atoms with Crippen LogP contribution in [0.1, 0.15) is 6.42 Å². The van der Waals surface area contributed by atoms with Crippen molar-refractivity contribution in [3.8, 4) is 0 Å². The normalized spacial score (nSPS) is 22.7. The van der Waals surface area contributed by atoms with Crippen molar-refractivity contribution in [2.45, 2.75) is 18.5 Å². The number of carboxylic acid groups (broad SMARTS) is 1. The molecule has 0 bridgehead atoms. The minimum atomic E-state index is -1.14. The van der Waals surface area contributed by atoms with Crippen molar-refractivity contribution in [2.75, 3.05) is 13.2 Å². The maximum atomic E-state index is 11.5. The maximum Gasteiger partial charge on any atom is 0.410 e. The lowest BCUT2D eigenvalue weighted by Gasteiger charge is -2.20. The van der Waals surface area contributed by atoms with Crippen molar-refractivity contribution in [3.63, 3.8) is 0 Å². The number of azide groups is 1. The second kappa shape index (κ2) is 5.76. The van der Waals surface area contributed by atoms with Gasteiger partial charge in [-0.05, 0) is 12.0 Å². The summed E-state index contributed by atoms with van der Waals surface area (Å²) < 4.78 is 4.75. The molecule has 0 aromatic rings. The van der Waals surface area contributed by atoms with E-state index in [-0.39, 0.29) is 19.6 Å². The standard InChI is InChI=1S/C9H12N4O4/c1-2-3-17-9(16)13-5-6(11-12-10)4-7(13)8(14)15/h2,6-7H,1,3-5H2,(H,14,15)/t6-,7-/m1/s1. The fourth-order valence-electron chi connectivity index (χ4n) is 1.62. The van der Waals surface area contributed by atoms with Crippen molar-refractivity contribution in [2.24, 2.45) is 5.11 Å². The van der Waals surface area contributed by atoms with Gasteiger partial charge in [-0.2, -0.15) is 0 Å². The topological polar surface area (TPSA) is 116 Å². The van der Waals surface area contributed by atoms with Gasteiger partial charge in [0.25, 0.3) is 0 Å². The fourth-order valence-corrected chi connectivity index (χ4v) is 1.62. The van der Waals surface area contributed by atoms with Crippen molar-refractivity contribution in [3.05, 3.63) is 23.1 Å². The summed E-state index contributed by atoms with van der Waals surface area (Å²) in [6, 6.07) is -1.54. The lowest BCUT2D eigenvalue weighted by atomic mass is 10.2. The number of carbonyl (C=O) groups excluding carboxylic acids is 1. The Bertz CT molecular complexity index is 377. The van der Waals surface area contributed by atoms with Gasteiger partial charge in [-0.1, -0.05) is 17.8 Å². The van der Waals surface area contributed by atoms with Gasteiger partial charge in [0.15, 0.2) is 0 Å². The number of hydrogen-bond donors (Lipinski definition) is 1. The number of nitrogens with zero attached hydrogens (tertiary/aromatic N) is 4. The lowest BCUT2D eigenvalue weighted by Crippen LogP contribution is -2.40. The molecule has 1 aliphatic heterocycles. The zero-order valence-electron chi connectivity index (χ0n) is 9.02. The van der Waals surface area contributed by atoms with Gasteiger partial charge in [0.05, 0.1) is 6.04 Å². The highest BCUT2D eigenvalue weighted by molar-refractivity contribution is 5.81. The van der Waals surface area contributed by atoms with Gasteiger partial charge in [-0.3, -0.25) is 4.90 Å². The van der Waals surface area contributed by atoms with Crippen LogP contribution in [-0.4, -0.2) is 47.3 Å². The van der Waals surface area contributed by atoms with Crippen LogP contribution in [-0.2, 0) is 9.53 Å². The van der Waals surface area contributed by atoms with Crippen LogP contribution < -0.4 is 0 Å². The number of carbonyl (C=O) groups is 2. The average Bonchev–Trinajstić information content (AvgIpc) is 2.70. The van der Waals surface area contributed by atoms with E-state index in [0.29, 0.717) is 0 Å². The third-order valence-corrected chi connectivity index (χ3v) is 2.34. The summed E-state index contributed by atoms with van der Waals surface area (Å²) in [5.74, 6) is -1.14. The minimum absolute atomic E-state index is 0.00779. The Kier molecular flexibility index (Phi) is 4.36. The van der Waals surface area contributed by atoms with Gasteiger partial charge in [0.2, 0.25) is 0 Å². The monoisotopic (exact) mass is 240 g/mol. The van der Waals surface area contributed by atoms with E-state index in [1.165, 1.54) is 6.08 Å². The molecule has 1 heterocycles. The smallest absolute Gasteiger partial charge is 0.410 e. The van der Waals surface area contributed by atoms with E-state index in [1.54, 1.807) is 0 Å². The molecule has 1 fully saturated rings. The molecule has 1 amide bonds. The van der Waals surface area contributed by atoms with Gasteiger partial charge in [0.1, 0.15) is 12.6 Å². The Morgan fingerprint density at radius 3 is 2.94 bits per heavy atom. The van der Waals surface area contributed by atoms with Crippen LogP contribution in [0.15, 0.2) is 17.8 Å². The summed E-state index contributed by atoms with van der Waals surface area (Å²) in [6.07, 6.45) is 0.741. The molecule has 0 aromatic heterocycles. The van der Waals surface area contributed by atoms with E-state index in [1.807, 2.05) is 0 Å². The zero-order valence-corrected chi connectivity index (χ0v) is 9.02. The maximum absolute atomic E-state index is 11.5. The van der Waals surface area contributed by atoms with Crippen LogP contribution in [0.2, 0.25) is 0 Å². The van der Waals surface area contributed by atoms with E-state index in [2.05, 4.69) is 16.6 Å². The molecule has 0 spiro atoms. The molecule has 8 heteroatoms. The van der Waals surface area contributed by atoms with Gasteiger partial charge in [-0.25, -0.2) is 9.59 Å². The zero-order chi connectivity index (χ0) is 12.8. The molecular formula is C9H12N4O4. The predicted molar refractivity (Wildman–Crippen MR) is 57.2 cm³/mol. The quantitative estimate of drug-likeness (QED) is 0.343. The highest BCUT2D eigenvalue weighted by Gasteiger charge is 2.40. The fraction of sp³-hybridized carbons (Fsp3) is 0.556. The third kappa shape index (κ3) is 3.12. The first kappa shape index (κ1) is 12.9. The van der Waals surface area contributed by atoms with Crippen molar-refractivity contribution < 1.29 is 19.4 Å². The first-order valence-corrected chi connectivity index (χ1v) is 4.91. The number of aliphatic carboxylic acids is 1. The van der Waals surface area contributed by atoms with Crippen LogP contribution in [0.5, 0.6) is 0 Å². The molecule has 8 nitrogen and oxygen atoms in total. The Hall–Kier alpha value is -2.21. The van der Waals surface area contributed by atoms with E-state index < -0.39 is 24.1 Å². The third-order valence-electron chi connectivity index (χ3n) is 2.34. The second-order valence-electron chi connectivity index (χ2n) is 3.47. The highest BCUT2D eigenvalue weighted by Crippen LogP contribution is 2.21. The van der Waals surface area contributed by atoms with E-state index in [0.717, 1.165) is 4.90 Å². The van der Waals surface area contributed by atoms with Gasteiger partial charge < -0.3 is 9.84 Å². The second-order valence-corrected chi connectivity index (χ2v) is 3.47. The van der Waals surface area contributed by atoms with E-state index >= 15 is 0 Å². The highest BCUT2D eigenvalue weighted by atomic mass is 16.6. The predicted octanol–water partition coefficient (Wildman–Crippen LogP) is 1.15. The van der Waals surface area contributed by atoms with Crippen molar-refractivity contribution in [1.29, 1.82) is 0 Å². The summed E-state index contributed by atoms with van der Waals surface area (Å²) >= 11 is 0. The first-order valence-electron chi connectivity index (χ1n) is 4.91. The molecular weight excluding hydrogens is 228 g/mol. The molecule has 1 rings (SSSR count). The molecule has 1 N–H and O–H groups in total.